The number of hydrogen-bond donors (Lipinski definition) is 0. The van der Waals surface area contributed by atoms with Gasteiger partial charge in [0.25, 0.3) is 0 Å². The summed E-state index contributed by atoms with van der Waals surface area (Å²) in [5.41, 5.74) is 2.95. The Morgan fingerprint density at radius 2 is 1.81 bits per heavy atom. The molecular formula is C24H28FN5O2. The lowest BCUT2D eigenvalue weighted by atomic mass is 10.1. The van der Waals surface area contributed by atoms with Crippen LogP contribution in [0.15, 0.2) is 54.9 Å². The largest absolute Gasteiger partial charge is 0.370 e. The summed E-state index contributed by atoms with van der Waals surface area (Å²) in [6.45, 7) is 6.44. The lowest BCUT2D eigenvalue weighted by Gasteiger charge is -2.37. The Hall–Kier alpha value is -2.81. The number of nitrogens with zero attached hydrogens (tertiary/aromatic N) is 5. The predicted molar refractivity (Wildman–Crippen MR) is 119 cm³/mol. The lowest BCUT2D eigenvalue weighted by molar-refractivity contribution is -0.140. The molecule has 2 fully saturated rings. The smallest absolute Gasteiger partial charge is 0.236 e. The van der Waals surface area contributed by atoms with Crippen molar-refractivity contribution < 1.29 is 13.9 Å². The van der Waals surface area contributed by atoms with E-state index in [4.69, 9.17) is 4.74 Å². The van der Waals surface area contributed by atoms with E-state index in [0.29, 0.717) is 26.2 Å². The van der Waals surface area contributed by atoms with Crippen LogP contribution in [0.25, 0.3) is 5.65 Å². The fraction of sp³-hybridized carbons (Fsp3) is 0.417. The van der Waals surface area contributed by atoms with Crippen LogP contribution in [0.4, 0.5) is 4.39 Å². The normalized spacial score (nSPS) is 20.7. The molecular weight excluding hydrogens is 409 g/mol. The Kier molecular flexibility index (Phi) is 6.16. The minimum atomic E-state index is -0.266. The highest BCUT2D eigenvalue weighted by molar-refractivity contribution is 5.78. The standard InChI is InChI=1S/C24H28FN5O2/c25-20-6-4-19(5-7-20)22-17-30(13-14-32-22)24(31)18-28-11-9-27(10-12-28)15-21-16-29-8-2-1-3-23(29)26-21/h1-8,16,22H,9-15,17-18H2. The molecule has 1 amide bonds. The van der Waals surface area contributed by atoms with Gasteiger partial charge in [-0.2, -0.15) is 0 Å². The number of amides is 1. The Balaban J connectivity index is 1.10. The van der Waals surface area contributed by atoms with E-state index in [0.717, 1.165) is 49.6 Å². The summed E-state index contributed by atoms with van der Waals surface area (Å²) in [6, 6.07) is 12.4. The Bertz CT molecular complexity index is 1030. The monoisotopic (exact) mass is 437 g/mol. The molecule has 4 heterocycles. The minimum absolute atomic E-state index is 0.134. The second kappa shape index (κ2) is 9.36. The van der Waals surface area contributed by atoms with Crippen LogP contribution in [0, 0.1) is 5.82 Å². The highest BCUT2D eigenvalue weighted by atomic mass is 19.1. The summed E-state index contributed by atoms with van der Waals surface area (Å²) >= 11 is 0. The SMILES string of the molecule is O=C(CN1CCN(Cc2cn3ccccc3n2)CC1)N1CCOC(c2ccc(F)cc2)C1. The molecule has 0 N–H and O–H groups in total. The number of benzene rings is 1. The molecule has 168 valence electrons. The van der Waals surface area contributed by atoms with Crippen molar-refractivity contribution in [2.75, 3.05) is 52.4 Å². The van der Waals surface area contributed by atoms with E-state index in [2.05, 4.69) is 21.0 Å². The molecule has 0 radical (unpaired) electrons. The zero-order valence-corrected chi connectivity index (χ0v) is 18.1. The number of ether oxygens (including phenoxy) is 1. The van der Waals surface area contributed by atoms with Gasteiger partial charge in [-0.25, -0.2) is 9.37 Å². The van der Waals surface area contributed by atoms with Crippen molar-refractivity contribution in [1.29, 1.82) is 0 Å². The van der Waals surface area contributed by atoms with Crippen molar-refractivity contribution in [2.24, 2.45) is 0 Å². The average molecular weight is 438 g/mol. The van der Waals surface area contributed by atoms with E-state index in [-0.39, 0.29) is 17.8 Å². The Morgan fingerprint density at radius 3 is 2.59 bits per heavy atom. The van der Waals surface area contributed by atoms with Gasteiger partial charge in [0, 0.05) is 51.7 Å². The number of aromatic nitrogens is 2. The van der Waals surface area contributed by atoms with Crippen molar-refractivity contribution in [3.63, 3.8) is 0 Å². The van der Waals surface area contributed by atoms with Gasteiger partial charge >= 0.3 is 0 Å². The maximum Gasteiger partial charge on any atom is 0.236 e. The second-order valence-electron chi connectivity index (χ2n) is 8.50. The number of carbonyl (C=O) groups is 1. The summed E-state index contributed by atoms with van der Waals surface area (Å²) in [4.78, 5) is 24.1. The second-order valence-corrected chi connectivity index (χ2v) is 8.50. The van der Waals surface area contributed by atoms with E-state index in [9.17, 15) is 9.18 Å². The van der Waals surface area contributed by atoms with Gasteiger partial charge in [-0.15, -0.1) is 0 Å². The molecule has 0 aliphatic carbocycles. The van der Waals surface area contributed by atoms with Crippen LogP contribution in [0.3, 0.4) is 0 Å². The molecule has 0 spiro atoms. The molecule has 2 aliphatic heterocycles. The fourth-order valence-corrected chi connectivity index (χ4v) is 4.44. The molecule has 2 aromatic heterocycles. The number of halogens is 1. The van der Waals surface area contributed by atoms with E-state index in [1.807, 2.05) is 33.7 Å². The third-order valence-corrected chi connectivity index (χ3v) is 6.28. The summed E-state index contributed by atoms with van der Waals surface area (Å²) in [6.07, 6.45) is 3.90. The number of fused-ring (bicyclic) bond motifs is 1. The number of piperazine rings is 1. The molecule has 5 rings (SSSR count). The zero-order chi connectivity index (χ0) is 21.9. The van der Waals surface area contributed by atoms with Crippen molar-refractivity contribution >= 4 is 11.6 Å². The van der Waals surface area contributed by atoms with E-state index < -0.39 is 0 Å². The van der Waals surface area contributed by atoms with Gasteiger partial charge in [-0.3, -0.25) is 14.6 Å². The summed E-state index contributed by atoms with van der Waals surface area (Å²) < 4.78 is 21.1. The average Bonchev–Trinajstić information content (AvgIpc) is 3.23. The molecule has 3 aromatic rings. The molecule has 1 atom stereocenters. The molecule has 8 heteroatoms. The number of hydrogen-bond acceptors (Lipinski definition) is 5. The predicted octanol–water partition coefficient (Wildman–Crippen LogP) is 2.19. The van der Waals surface area contributed by atoms with Crippen molar-refractivity contribution in [3.8, 4) is 0 Å². The number of pyridine rings is 1. The summed E-state index contributed by atoms with van der Waals surface area (Å²) in [5.74, 6) is -0.132. The summed E-state index contributed by atoms with van der Waals surface area (Å²) in [5, 5.41) is 0. The number of imidazole rings is 1. The zero-order valence-electron chi connectivity index (χ0n) is 18.1. The van der Waals surface area contributed by atoms with Gasteiger partial charge in [0.15, 0.2) is 0 Å². The first kappa shape index (κ1) is 21.1. The first-order valence-corrected chi connectivity index (χ1v) is 11.2. The highest BCUT2D eigenvalue weighted by Crippen LogP contribution is 2.22. The van der Waals surface area contributed by atoms with Crippen LogP contribution in [-0.2, 0) is 16.1 Å². The summed E-state index contributed by atoms with van der Waals surface area (Å²) in [7, 11) is 0. The van der Waals surface area contributed by atoms with Gasteiger partial charge in [0.05, 0.1) is 25.4 Å². The van der Waals surface area contributed by atoms with Gasteiger partial charge in [-0.05, 0) is 29.8 Å². The molecule has 0 bridgehead atoms. The van der Waals surface area contributed by atoms with Gasteiger partial charge < -0.3 is 14.0 Å². The fourth-order valence-electron chi connectivity index (χ4n) is 4.44. The van der Waals surface area contributed by atoms with Crippen LogP contribution >= 0.6 is 0 Å². The maximum absolute atomic E-state index is 13.2. The number of carbonyl (C=O) groups excluding carboxylic acids is 1. The first-order chi connectivity index (χ1) is 15.6. The van der Waals surface area contributed by atoms with E-state index in [1.165, 1.54) is 12.1 Å². The van der Waals surface area contributed by atoms with Crippen molar-refractivity contribution in [1.82, 2.24) is 24.1 Å². The van der Waals surface area contributed by atoms with Crippen LogP contribution in [0.2, 0.25) is 0 Å². The van der Waals surface area contributed by atoms with Crippen LogP contribution < -0.4 is 0 Å². The van der Waals surface area contributed by atoms with Gasteiger partial charge in [0.1, 0.15) is 17.6 Å². The van der Waals surface area contributed by atoms with Crippen LogP contribution in [-0.4, -0.2) is 82.4 Å². The first-order valence-electron chi connectivity index (χ1n) is 11.2. The van der Waals surface area contributed by atoms with Crippen molar-refractivity contribution in [3.05, 3.63) is 71.9 Å². The van der Waals surface area contributed by atoms with Crippen LogP contribution in [0.5, 0.6) is 0 Å². The molecule has 2 saturated heterocycles. The minimum Gasteiger partial charge on any atom is -0.370 e. The molecule has 1 aromatic carbocycles. The van der Waals surface area contributed by atoms with E-state index in [1.54, 1.807) is 12.1 Å². The lowest BCUT2D eigenvalue weighted by Crippen LogP contribution is -2.51. The van der Waals surface area contributed by atoms with E-state index >= 15 is 0 Å². The molecule has 32 heavy (non-hydrogen) atoms. The quantitative estimate of drug-likeness (QED) is 0.613. The maximum atomic E-state index is 13.2. The van der Waals surface area contributed by atoms with Gasteiger partial charge in [0.2, 0.25) is 5.91 Å². The molecule has 0 saturated carbocycles. The van der Waals surface area contributed by atoms with Gasteiger partial charge in [-0.1, -0.05) is 18.2 Å². The molecule has 7 nitrogen and oxygen atoms in total. The van der Waals surface area contributed by atoms with Crippen LogP contribution in [0.1, 0.15) is 17.4 Å². The molecule has 2 aliphatic rings. The number of morpholine rings is 1. The topological polar surface area (TPSA) is 53.3 Å². The third kappa shape index (κ3) is 4.82. The number of rotatable bonds is 5. The molecule has 1 unspecified atom stereocenters. The van der Waals surface area contributed by atoms with Crippen molar-refractivity contribution in [2.45, 2.75) is 12.6 Å². The Labute approximate surface area is 187 Å². The highest BCUT2D eigenvalue weighted by Gasteiger charge is 2.27. The Morgan fingerprint density at radius 1 is 1.03 bits per heavy atom. The third-order valence-electron chi connectivity index (χ3n) is 6.28.